The summed E-state index contributed by atoms with van der Waals surface area (Å²) in [7, 11) is 0. The van der Waals surface area contributed by atoms with Crippen LogP contribution in [0.1, 0.15) is 35.7 Å². The molecule has 30 heavy (non-hydrogen) atoms. The van der Waals surface area contributed by atoms with Gasteiger partial charge in [0.1, 0.15) is 17.6 Å². The number of ketones is 1. The van der Waals surface area contributed by atoms with Crippen molar-refractivity contribution in [2.45, 2.75) is 31.4 Å². The summed E-state index contributed by atoms with van der Waals surface area (Å²) < 4.78 is 11.2. The van der Waals surface area contributed by atoms with Gasteiger partial charge in [0.25, 0.3) is 11.7 Å². The normalized spacial score (nSPS) is 24.9. The number of hydrogen-bond acceptors (Lipinski definition) is 6. The van der Waals surface area contributed by atoms with Gasteiger partial charge in [-0.1, -0.05) is 6.07 Å². The van der Waals surface area contributed by atoms with Crippen LogP contribution in [0.4, 0.5) is 0 Å². The molecule has 1 aromatic heterocycles. The number of carbonyl (C=O) groups excluding carboxylic acids is 2. The number of amides is 1. The van der Waals surface area contributed by atoms with Gasteiger partial charge in [-0.15, -0.1) is 0 Å². The fraction of sp³-hybridized carbons (Fsp3) is 0.348. The summed E-state index contributed by atoms with van der Waals surface area (Å²) in [5.74, 6) is -0.731. The van der Waals surface area contributed by atoms with Crippen LogP contribution in [0.3, 0.4) is 0 Å². The Morgan fingerprint density at radius 3 is 2.87 bits per heavy atom. The number of ether oxygens (including phenoxy) is 2. The van der Waals surface area contributed by atoms with E-state index in [4.69, 9.17) is 9.47 Å². The van der Waals surface area contributed by atoms with Crippen molar-refractivity contribution in [3.05, 3.63) is 65.0 Å². The number of carbonyl (C=O) groups is 2. The predicted molar refractivity (Wildman–Crippen MR) is 108 cm³/mol. The summed E-state index contributed by atoms with van der Waals surface area (Å²) >= 11 is 0. The molecule has 7 nitrogen and oxygen atoms in total. The molecular formula is C23H22N2O5. The molecule has 0 bridgehead atoms. The zero-order chi connectivity index (χ0) is 20.7. The third kappa shape index (κ3) is 3.15. The van der Waals surface area contributed by atoms with Gasteiger partial charge in [0.15, 0.2) is 0 Å². The maximum absolute atomic E-state index is 13.0. The average Bonchev–Trinajstić information content (AvgIpc) is 3.50. The predicted octanol–water partition coefficient (Wildman–Crippen LogP) is 2.62. The molecule has 1 N–H and O–H groups in total. The monoisotopic (exact) mass is 406 g/mol. The Morgan fingerprint density at radius 1 is 1.20 bits per heavy atom. The molecular weight excluding hydrogens is 384 g/mol. The van der Waals surface area contributed by atoms with Crippen LogP contribution in [0.15, 0.2) is 48.2 Å². The number of benzene rings is 1. The molecule has 2 atom stereocenters. The van der Waals surface area contributed by atoms with Crippen molar-refractivity contribution in [2.24, 2.45) is 0 Å². The first-order valence-corrected chi connectivity index (χ1v) is 10.2. The highest BCUT2D eigenvalue weighted by Gasteiger charge is 2.47. The fourth-order valence-electron chi connectivity index (χ4n) is 4.41. The van der Waals surface area contributed by atoms with Crippen LogP contribution in [0.5, 0.6) is 5.75 Å². The number of fused-ring (bicyclic) bond motifs is 1. The summed E-state index contributed by atoms with van der Waals surface area (Å²) in [6.07, 6.45) is 4.01. The molecule has 0 saturated carbocycles. The third-order valence-corrected chi connectivity index (χ3v) is 5.90. The maximum Gasteiger partial charge on any atom is 0.295 e. The molecule has 2 aromatic rings. The average molecular weight is 406 g/mol. The third-order valence-electron chi connectivity index (χ3n) is 5.90. The topological polar surface area (TPSA) is 89.0 Å². The van der Waals surface area contributed by atoms with E-state index < -0.39 is 17.7 Å². The number of aromatic nitrogens is 1. The van der Waals surface area contributed by atoms with Crippen LogP contribution in [0.25, 0.3) is 5.76 Å². The number of hydrogen-bond donors (Lipinski definition) is 1. The van der Waals surface area contributed by atoms with Crippen LogP contribution >= 0.6 is 0 Å². The second kappa shape index (κ2) is 7.57. The largest absolute Gasteiger partial charge is 0.507 e. The maximum atomic E-state index is 13.0. The molecule has 4 heterocycles. The first-order chi connectivity index (χ1) is 14.6. The number of rotatable bonds is 4. The summed E-state index contributed by atoms with van der Waals surface area (Å²) in [6.45, 7) is 1.54. The van der Waals surface area contributed by atoms with E-state index in [2.05, 4.69) is 4.98 Å². The number of aliphatic hydroxyl groups excluding tert-OH is 1. The van der Waals surface area contributed by atoms with Gasteiger partial charge in [0, 0.05) is 31.3 Å². The second-order valence-corrected chi connectivity index (χ2v) is 7.76. The van der Waals surface area contributed by atoms with Gasteiger partial charge >= 0.3 is 0 Å². The lowest BCUT2D eigenvalue weighted by molar-refractivity contribution is -0.140. The van der Waals surface area contributed by atoms with E-state index in [1.54, 1.807) is 36.5 Å². The highest BCUT2D eigenvalue weighted by Crippen LogP contribution is 2.40. The first kappa shape index (κ1) is 18.8. The molecule has 0 spiro atoms. The van der Waals surface area contributed by atoms with Gasteiger partial charge in [-0.2, -0.15) is 0 Å². The molecule has 0 radical (unpaired) electrons. The molecule has 3 aliphatic rings. The molecule has 0 aliphatic carbocycles. The number of pyridine rings is 1. The Labute approximate surface area is 173 Å². The number of nitrogens with zero attached hydrogens (tertiary/aromatic N) is 2. The summed E-state index contributed by atoms with van der Waals surface area (Å²) in [4.78, 5) is 31.8. The van der Waals surface area contributed by atoms with E-state index in [1.807, 2.05) is 6.07 Å². The molecule has 2 unspecified atom stereocenters. The van der Waals surface area contributed by atoms with Crippen molar-refractivity contribution >= 4 is 17.4 Å². The van der Waals surface area contributed by atoms with Gasteiger partial charge in [-0.05, 0) is 48.7 Å². The summed E-state index contributed by atoms with van der Waals surface area (Å²) in [5, 5.41) is 11.1. The van der Waals surface area contributed by atoms with Gasteiger partial charge in [-0.3, -0.25) is 14.6 Å². The molecule has 7 heteroatoms. The van der Waals surface area contributed by atoms with E-state index in [0.29, 0.717) is 31.0 Å². The van der Waals surface area contributed by atoms with Gasteiger partial charge in [-0.25, -0.2) is 0 Å². The molecule has 2 saturated heterocycles. The minimum absolute atomic E-state index is 0.0653. The summed E-state index contributed by atoms with van der Waals surface area (Å²) in [6, 6.07) is 9.92. The highest BCUT2D eigenvalue weighted by atomic mass is 16.5. The van der Waals surface area contributed by atoms with E-state index in [0.717, 1.165) is 30.6 Å². The Kier molecular flexibility index (Phi) is 4.75. The molecule has 154 valence electrons. The van der Waals surface area contributed by atoms with Crippen molar-refractivity contribution in [1.29, 1.82) is 0 Å². The van der Waals surface area contributed by atoms with Crippen molar-refractivity contribution in [2.75, 3.05) is 19.8 Å². The molecule has 2 fully saturated rings. The zero-order valence-corrected chi connectivity index (χ0v) is 16.4. The first-order valence-electron chi connectivity index (χ1n) is 10.2. The highest BCUT2D eigenvalue weighted by molar-refractivity contribution is 6.46. The minimum Gasteiger partial charge on any atom is -0.507 e. The van der Waals surface area contributed by atoms with Crippen LogP contribution in [-0.2, 0) is 20.7 Å². The number of Topliss-reactive ketones (excluding diaryl/α,β-unsaturated/α-hetero) is 1. The second-order valence-electron chi connectivity index (χ2n) is 7.76. The molecule has 1 amide bonds. The van der Waals surface area contributed by atoms with Gasteiger partial charge in [0.2, 0.25) is 0 Å². The van der Waals surface area contributed by atoms with E-state index in [1.165, 1.54) is 4.90 Å². The lowest BCUT2D eigenvalue weighted by Gasteiger charge is -2.26. The standard InChI is InChI=1S/C23H22N2O5/c26-21(15-6-7-18-14(12-15)8-11-30-18)19-20(17-5-1-2-9-24-17)25(23(28)22(19)27)13-16-4-3-10-29-16/h1-2,5-7,9,12,16,20,26H,3-4,8,10-11,13H2/b21-19-. The summed E-state index contributed by atoms with van der Waals surface area (Å²) in [5.41, 5.74) is 2.08. The van der Waals surface area contributed by atoms with Gasteiger partial charge < -0.3 is 19.5 Å². The lowest BCUT2D eigenvalue weighted by atomic mass is 9.97. The molecule has 1 aromatic carbocycles. The van der Waals surface area contributed by atoms with Crippen LogP contribution in [0, 0.1) is 0 Å². The fourth-order valence-corrected chi connectivity index (χ4v) is 4.41. The Balaban J connectivity index is 1.60. The van der Waals surface area contributed by atoms with Crippen molar-refractivity contribution in [3.8, 4) is 5.75 Å². The minimum atomic E-state index is -0.750. The van der Waals surface area contributed by atoms with E-state index in [-0.39, 0.29) is 17.4 Å². The van der Waals surface area contributed by atoms with Crippen molar-refractivity contribution < 1.29 is 24.2 Å². The van der Waals surface area contributed by atoms with Crippen LogP contribution in [-0.4, -0.2) is 52.5 Å². The van der Waals surface area contributed by atoms with E-state index >= 15 is 0 Å². The van der Waals surface area contributed by atoms with Crippen molar-refractivity contribution in [3.63, 3.8) is 0 Å². The van der Waals surface area contributed by atoms with Crippen LogP contribution < -0.4 is 4.74 Å². The Hall–Kier alpha value is -3.19. The SMILES string of the molecule is O=C1C(=O)N(CC2CCCO2)C(c2ccccn2)/C1=C(/O)c1ccc2c(c1)CCO2. The van der Waals surface area contributed by atoms with Gasteiger partial charge in [0.05, 0.1) is 24.0 Å². The smallest absolute Gasteiger partial charge is 0.295 e. The Morgan fingerprint density at radius 2 is 2.10 bits per heavy atom. The number of likely N-dealkylation sites (tertiary alicyclic amines) is 1. The molecule has 5 rings (SSSR count). The lowest BCUT2D eigenvalue weighted by Crippen LogP contribution is -2.36. The zero-order valence-electron chi connectivity index (χ0n) is 16.4. The Bertz CT molecular complexity index is 1030. The number of aliphatic hydroxyl groups is 1. The van der Waals surface area contributed by atoms with Crippen LogP contribution in [0.2, 0.25) is 0 Å². The molecule has 3 aliphatic heterocycles. The quantitative estimate of drug-likeness (QED) is 0.477. The van der Waals surface area contributed by atoms with Crippen molar-refractivity contribution in [1.82, 2.24) is 9.88 Å². The van der Waals surface area contributed by atoms with E-state index in [9.17, 15) is 14.7 Å².